The Morgan fingerprint density at radius 1 is 1.22 bits per heavy atom. The van der Waals surface area contributed by atoms with E-state index in [9.17, 15) is 14.4 Å². The Kier molecular flexibility index (Phi) is 7.32. The molecule has 23 heavy (non-hydrogen) atoms. The van der Waals surface area contributed by atoms with Crippen molar-refractivity contribution in [3.05, 3.63) is 28.2 Å². The molecule has 1 aromatic carbocycles. The lowest BCUT2D eigenvalue weighted by Crippen LogP contribution is -2.37. The Bertz CT molecular complexity index is 605. The number of nitrogens with one attached hydrogen (secondary N) is 1. The van der Waals surface area contributed by atoms with Crippen molar-refractivity contribution < 1.29 is 19.1 Å². The molecule has 0 aliphatic heterocycles. The van der Waals surface area contributed by atoms with Gasteiger partial charge in [0.2, 0.25) is 5.91 Å². The fourth-order valence-electron chi connectivity index (χ4n) is 1.49. The number of benzene rings is 1. The van der Waals surface area contributed by atoms with Gasteiger partial charge in [0.1, 0.15) is 0 Å². The van der Waals surface area contributed by atoms with E-state index in [4.69, 9.17) is 27.9 Å². The largest absolute Gasteiger partial charge is 0.455 e. The van der Waals surface area contributed by atoms with E-state index >= 15 is 0 Å². The lowest BCUT2D eigenvalue weighted by atomic mass is 10.2. The molecule has 0 aliphatic rings. The summed E-state index contributed by atoms with van der Waals surface area (Å²) < 4.78 is 4.82. The van der Waals surface area contributed by atoms with Crippen molar-refractivity contribution in [2.75, 3.05) is 25.5 Å². The topological polar surface area (TPSA) is 75.7 Å². The van der Waals surface area contributed by atoms with Gasteiger partial charge in [0, 0.05) is 12.7 Å². The van der Waals surface area contributed by atoms with Crippen molar-refractivity contribution >= 4 is 46.7 Å². The van der Waals surface area contributed by atoms with Crippen LogP contribution >= 0.6 is 23.2 Å². The number of hydrogen-bond acceptors (Lipinski definition) is 4. The maximum atomic E-state index is 11.9. The summed E-state index contributed by atoms with van der Waals surface area (Å²) in [5.41, 5.74) is 0.469. The third-order valence-electron chi connectivity index (χ3n) is 2.82. The van der Waals surface area contributed by atoms with Crippen LogP contribution in [0.4, 0.5) is 5.69 Å². The fourth-order valence-corrected chi connectivity index (χ4v) is 1.79. The standard InChI is InChI=1S/C15H18Cl2N2O4/c1-9(2)15(22)23-8-14(21)19(3)7-13(20)18-10-4-5-11(16)12(17)6-10/h4-6,9H,7-8H2,1-3H3,(H,18,20). The maximum absolute atomic E-state index is 11.9. The second kappa shape index (κ2) is 8.74. The zero-order valence-electron chi connectivity index (χ0n) is 13.1. The molecule has 0 unspecified atom stereocenters. The van der Waals surface area contributed by atoms with Crippen LogP contribution in [0.15, 0.2) is 18.2 Å². The van der Waals surface area contributed by atoms with E-state index < -0.39 is 24.4 Å². The molecule has 2 amide bonds. The average molecular weight is 361 g/mol. The van der Waals surface area contributed by atoms with E-state index in [1.54, 1.807) is 26.0 Å². The predicted molar refractivity (Wildman–Crippen MR) is 88.5 cm³/mol. The normalized spacial score (nSPS) is 10.3. The maximum Gasteiger partial charge on any atom is 0.308 e. The van der Waals surface area contributed by atoms with E-state index in [0.717, 1.165) is 0 Å². The van der Waals surface area contributed by atoms with Crippen LogP contribution in [0.5, 0.6) is 0 Å². The van der Waals surface area contributed by atoms with Crippen molar-refractivity contribution in [1.29, 1.82) is 0 Å². The molecule has 8 heteroatoms. The first kappa shape index (κ1) is 19.3. The highest BCUT2D eigenvalue weighted by Gasteiger charge is 2.16. The molecular weight excluding hydrogens is 343 g/mol. The molecule has 0 spiro atoms. The van der Waals surface area contributed by atoms with Crippen LogP contribution in [-0.4, -0.2) is 42.9 Å². The summed E-state index contributed by atoms with van der Waals surface area (Å²) in [5, 5.41) is 3.29. The lowest BCUT2D eigenvalue weighted by Gasteiger charge is -2.17. The number of ether oxygens (including phenoxy) is 1. The highest BCUT2D eigenvalue weighted by Crippen LogP contribution is 2.24. The molecular formula is C15H18Cl2N2O4. The first-order valence-electron chi connectivity index (χ1n) is 6.86. The molecule has 0 fully saturated rings. The van der Waals surface area contributed by atoms with Crippen molar-refractivity contribution in [3.8, 4) is 0 Å². The summed E-state index contributed by atoms with van der Waals surface area (Å²) in [6.45, 7) is 2.76. The van der Waals surface area contributed by atoms with Gasteiger partial charge in [-0.15, -0.1) is 0 Å². The Morgan fingerprint density at radius 3 is 2.43 bits per heavy atom. The molecule has 0 heterocycles. The Hall–Kier alpha value is -1.79. The van der Waals surface area contributed by atoms with E-state index in [1.807, 2.05) is 0 Å². The Labute approximate surface area is 144 Å². The number of nitrogens with zero attached hydrogens (tertiary/aromatic N) is 1. The van der Waals surface area contributed by atoms with E-state index in [-0.39, 0.29) is 12.5 Å². The number of halogens is 2. The zero-order valence-corrected chi connectivity index (χ0v) is 14.6. The van der Waals surface area contributed by atoms with Gasteiger partial charge in [-0.2, -0.15) is 0 Å². The summed E-state index contributed by atoms with van der Waals surface area (Å²) in [5.74, 6) is -1.66. The second-order valence-electron chi connectivity index (χ2n) is 5.19. The molecule has 0 aromatic heterocycles. The number of rotatable bonds is 6. The van der Waals surface area contributed by atoms with Gasteiger partial charge >= 0.3 is 5.97 Å². The monoisotopic (exact) mass is 360 g/mol. The number of amides is 2. The zero-order chi connectivity index (χ0) is 17.6. The SMILES string of the molecule is CC(C)C(=O)OCC(=O)N(C)CC(=O)Nc1ccc(Cl)c(Cl)c1. The van der Waals surface area contributed by atoms with Gasteiger partial charge < -0.3 is 15.0 Å². The van der Waals surface area contributed by atoms with Gasteiger partial charge in [-0.1, -0.05) is 37.0 Å². The third-order valence-corrected chi connectivity index (χ3v) is 3.56. The van der Waals surface area contributed by atoms with Crippen molar-refractivity contribution in [2.24, 2.45) is 5.92 Å². The predicted octanol–water partition coefficient (Wildman–Crippen LogP) is 2.59. The van der Waals surface area contributed by atoms with Crippen LogP contribution in [0, 0.1) is 5.92 Å². The summed E-state index contributed by atoms with van der Waals surface area (Å²) in [4.78, 5) is 36.1. The fraction of sp³-hybridized carbons (Fsp3) is 0.400. The molecule has 0 aliphatic carbocycles. The molecule has 0 saturated carbocycles. The van der Waals surface area contributed by atoms with Gasteiger partial charge in [0.15, 0.2) is 6.61 Å². The molecule has 126 valence electrons. The van der Waals surface area contributed by atoms with Crippen LogP contribution < -0.4 is 5.32 Å². The highest BCUT2D eigenvalue weighted by atomic mass is 35.5. The van der Waals surface area contributed by atoms with Gasteiger partial charge in [-0.3, -0.25) is 14.4 Å². The molecule has 1 aromatic rings. The van der Waals surface area contributed by atoms with Crippen LogP contribution in [0.3, 0.4) is 0 Å². The van der Waals surface area contributed by atoms with E-state index in [1.165, 1.54) is 18.0 Å². The smallest absolute Gasteiger partial charge is 0.308 e. The third kappa shape index (κ3) is 6.46. The minimum absolute atomic E-state index is 0.182. The molecule has 0 saturated heterocycles. The molecule has 0 bridgehead atoms. The Balaban J connectivity index is 2.47. The van der Waals surface area contributed by atoms with Crippen LogP contribution in [0.1, 0.15) is 13.8 Å². The summed E-state index contributed by atoms with van der Waals surface area (Å²) >= 11 is 11.6. The Morgan fingerprint density at radius 2 is 1.87 bits per heavy atom. The van der Waals surface area contributed by atoms with Crippen molar-refractivity contribution in [2.45, 2.75) is 13.8 Å². The summed E-state index contributed by atoms with van der Waals surface area (Å²) in [6.07, 6.45) is 0. The van der Waals surface area contributed by atoms with Crippen molar-refractivity contribution in [1.82, 2.24) is 4.90 Å². The first-order chi connectivity index (χ1) is 10.7. The van der Waals surface area contributed by atoms with Crippen LogP contribution in [0.2, 0.25) is 10.0 Å². The second-order valence-corrected chi connectivity index (χ2v) is 6.00. The number of hydrogen-bond donors (Lipinski definition) is 1. The minimum Gasteiger partial charge on any atom is -0.455 e. The first-order valence-corrected chi connectivity index (χ1v) is 7.61. The number of likely N-dealkylation sites (N-methyl/N-ethyl adjacent to an activating group) is 1. The lowest BCUT2D eigenvalue weighted by molar-refractivity contribution is -0.154. The molecule has 0 atom stereocenters. The van der Waals surface area contributed by atoms with Gasteiger partial charge in [-0.05, 0) is 18.2 Å². The average Bonchev–Trinajstić information content (AvgIpc) is 2.47. The van der Waals surface area contributed by atoms with Gasteiger partial charge in [-0.25, -0.2) is 0 Å². The highest BCUT2D eigenvalue weighted by molar-refractivity contribution is 6.42. The number of esters is 1. The quantitative estimate of drug-likeness (QED) is 0.791. The van der Waals surface area contributed by atoms with E-state index in [2.05, 4.69) is 5.32 Å². The van der Waals surface area contributed by atoms with E-state index in [0.29, 0.717) is 15.7 Å². The molecule has 1 N–H and O–H groups in total. The number of anilines is 1. The van der Waals surface area contributed by atoms with Crippen LogP contribution in [0.25, 0.3) is 0 Å². The number of carbonyl (C=O) groups excluding carboxylic acids is 3. The molecule has 6 nitrogen and oxygen atoms in total. The number of carbonyl (C=O) groups is 3. The van der Waals surface area contributed by atoms with Crippen LogP contribution in [-0.2, 0) is 19.1 Å². The molecule has 1 rings (SSSR count). The summed E-state index contributed by atoms with van der Waals surface area (Å²) in [6, 6.07) is 4.66. The molecule has 0 radical (unpaired) electrons. The van der Waals surface area contributed by atoms with Crippen molar-refractivity contribution in [3.63, 3.8) is 0 Å². The minimum atomic E-state index is -0.469. The van der Waals surface area contributed by atoms with Gasteiger partial charge in [0.05, 0.1) is 22.5 Å². The van der Waals surface area contributed by atoms with Gasteiger partial charge in [0.25, 0.3) is 5.91 Å². The summed E-state index contributed by atoms with van der Waals surface area (Å²) in [7, 11) is 1.44.